The van der Waals surface area contributed by atoms with Gasteiger partial charge in [-0.1, -0.05) is 48.5 Å². The lowest BCUT2D eigenvalue weighted by atomic mass is 10.1. The minimum Gasteiger partial charge on any atom is -0.460 e. The van der Waals surface area contributed by atoms with Gasteiger partial charge in [0.1, 0.15) is 23.2 Å². The second-order valence-electron chi connectivity index (χ2n) is 6.72. The molecule has 3 rings (SSSR count). The molecule has 3 aromatic rings. The number of rotatable bonds is 8. The Labute approximate surface area is 181 Å². The standard InChI is InChI=1S/C23H21N3O4S/c1-17(18-8-4-2-5-9-18)26-23(27)19(15-24)14-20-12-13-21(30-20)16-25-31(28,29)22-10-6-3-7-11-22/h2-14,17,25H,16H2,1H3,(H,26,27). The highest BCUT2D eigenvalue weighted by molar-refractivity contribution is 7.89. The van der Waals surface area contributed by atoms with Crippen LogP contribution in [-0.2, 0) is 21.4 Å². The van der Waals surface area contributed by atoms with Crippen LogP contribution in [0.15, 0.2) is 87.7 Å². The van der Waals surface area contributed by atoms with Crippen molar-refractivity contribution in [1.82, 2.24) is 10.0 Å². The lowest BCUT2D eigenvalue weighted by Crippen LogP contribution is -2.27. The Bertz CT molecular complexity index is 1210. The molecule has 0 aliphatic heterocycles. The van der Waals surface area contributed by atoms with Crippen LogP contribution in [0.5, 0.6) is 0 Å². The fraction of sp³-hybridized carbons (Fsp3) is 0.130. The Morgan fingerprint density at radius 3 is 2.35 bits per heavy atom. The maximum Gasteiger partial charge on any atom is 0.262 e. The summed E-state index contributed by atoms with van der Waals surface area (Å²) in [6.45, 7) is 1.76. The van der Waals surface area contributed by atoms with Crippen molar-refractivity contribution in [2.75, 3.05) is 0 Å². The van der Waals surface area contributed by atoms with E-state index in [0.29, 0.717) is 5.76 Å². The molecule has 158 valence electrons. The van der Waals surface area contributed by atoms with Crippen molar-refractivity contribution in [3.8, 4) is 6.07 Å². The van der Waals surface area contributed by atoms with Crippen LogP contribution in [0, 0.1) is 11.3 Å². The second kappa shape index (κ2) is 9.89. The van der Waals surface area contributed by atoms with E-state index in [1.807, 2.05) is 43.3 Å². The third-order valence-corrected chi connectivity index (χ3v) is 5.89. The number of nitrogens with one attached hydrogen (secondary N) is 2. The summed E-state index contributed by atoms with van der Waals surface area (Å²) >= 11 is 0. The van der Waals surface area contributed by atoms with E-state index in [1.165, 1.54) is 18.2 Å². The molecule has 1 heterocycles. The first-order valence-electron chi connectivity index (χ1n) is 9.50. The lowest BCUT2D eigenvalue weighted by Gasteiger charge is -2.13. The van der Waals surface area contributed by atoms with Gasteiger partial charge < -0.3 is 9.73 Å². The molecule has 1 amide bonds. The summed E-state index contributed by atoms with van der Waals surface area (Å²) in [6.07, 6.45) is 1.32. The molecule has 0 saturated carbocycles. The zero-order chi connectivity index (χ0) is 22.3. The summed E-state index contributed by atoms with van der Waals surface area (Å²) in [7, 11) is -3.67. The topological polar surface area (TPSA) is 112 Å². The SMILES string of the molecule is CC(NC(=O)C(C#N)=Cc1ccc(CNS(=O)(=O)c2ccccc2)o1)c1ccccc1. The Balaban J connectivity index is 1.65. The molecule has 0 saturated heterocycles. The third kappa shape index (κ3) is 5.92. The van der Waals surface area contributed by atoms with Crippen LogP contribution in [0.1, 0.15) is 30.0 Å². The number of carbonyl (C=O) groups is 1. The molecule has 7 nitrogen and oxygen atoms in total. The minimum absolute atomic E-state index is 0.0653. The number of nitrogens with zero attached hydrogens (tertiary/aromatic N) is 1. The Kier molecular flexibility index (Phi) is 7.03. The monoisotopic (exact) mass is 435 g/mol. The normalized spacial score (nSPS) is 12.7. The van der Waals surface area contributed by atoms with E-state index in [9.17, 15) is 18.5 Å². The Morgan fingerprint density at radius 2 is 1.71 bits per heavy atom. The zero-order valence-electron chi connectivity index (χ0n) is 16.8. The second-order valence-corrected chi connectivity index (χ2v) is 8.48. The van der Waals surface area contributed by atoms with Crippen LogP contribution in [0.2, 0.25) is 0 Å². The highest BCUT2D eigenvalue weighted by atomic mass is 32.2. The van der Waals surface area contributed by atoms with Gasteiger partial charge >= 0.3 is 0 Å². The van der Waals surface area contributed by atoms with Gasteiger partial charge in [0.2, 0.25) is 10.0 Å². The lowest BCUT2D eigenvalue weighted by molar-refractivity contribution is -0.117. The molecule has 1 unspecified atom stereocenters. The molecular formula is C23H21N3O4S. The van der Waals surface area contributed by atoms with Gasteiger partial charge in [-0.15, -0.1) is 0 Å². The molecule has 8 heteroatoms. The van der Waals surface area contributed by atoms with Crippen molar-refractivity contribution in [2.45, 2.75) is 24.4 Å². The van der Waals surface area contributed by atoms with E-state index >= 15 is 0 Å². The van der Waals surface area contributed by atoms with Gasteiger partial charge in [-0.05, 0) is 36.8 Å². The number of sulfonamides is 1. The van der Waals surface area contributed by atoms with Gasteiger partial charge in [-0.25, -0.2) is 13.1 Å². The van der Waals surface area contributed by atoms with Gasteiger partial charge in [0.15, 0.2) is 0 Å². The molecule has 1 atom stereocenters. The molecule has 0 fully saturated rings. The van der Waals surface area contributed by atoms with Crippen molar-refractivity contribution >= 4 is 22.0 Å². The van der Waals surface area contributed by atoms with E-state index in [4.69, 9.17) is 4.42 Å². The molecule has 0 aliphatic rings. The number of benzene rings is 2. The maximum atomic E-state index is 12.4. The summed E-state index contributed by atoms with van der Waals surface area (Å²) in [5.74, 6) is 0.0932. The summed E-state index contributed by atoms with van der Waals surface area (Å²) < 4.78 is 32.6. The van der Waals surface area contributed by atoms with E-state index in [1.54, 1.807) is 30.3 Å². The van der Waals surface area contributed by atoms with Crippen LogP contribution >= 0.6 is 0 Å². The number of amides is 1. The number of carbonyl (C=O) groups excluding carboxylic acids is 1. The van der Waals surface area contributed by atoms with Crippen molar-refractivity contribution < 1.29 is 17.6 Å². The first-order chi connectivity index (χ1) is 14.9. The highest BCUT2D eigenvalue weighted by Crippen LogP contribution is 2.16. The van der Waals surface area contributed by atoms with Gasteiger partial charge in [-0.3, -0.25) is 4.79 Å². The molecule has 0 bridgehead atoms. The first kappa shape index (κ1) is 22.0. The molecule has 1 aromatic heterocycles. The van der Waals surface area contributed by atoms with Gasteiger partial charge in [0.25, 0.3) is 5.91 Å². The Hall–Kier alpha value is -3.67. The van der Waals surface area contributed by atoms with Crippen LogP contribution in [0.4, 0.5) is 0 Å². The molecule has 2 aromatic carbocycles. The quantitative estimate of drug-likeness (QED) is 0.415. The molecular weight excluding hydrogens is 414 g/mol. The smallest absolute Gasteiger partial charge is 0.262 e. The van der Waals surface area contributed by atoms with E-state index < -0.39 is 15.9 Å². The highest BCUT2D eigenvalue weighted by Gasteiger charge is 2.16. The van der Waals surface area contributed by atoms with E-state index in [0.717, 1.165) is 5.56 Å². The molecule has 31 heavy (non-hydrogen) atoms. The van der Waals surface area contributed by atoms with Gasteiger partial charge in [0.05, 0.1) is 17.5 Å². The minimum atomic E-state index is -3.67. The van der Waals surface area contributed by atoms with Crippen LogP contribution in [0.25, 0.3) is 6.08 Å². The molecule has 0 spiro atoms. The van der Waals surface area contributed by atoms with Gasteiger partial charge in [-0.2, -0.15) is 5.26 Å². The van der Waals surface area contributed by atoms with Crippen molar-refractivity contribution in [3.63, 3.8) is 0 Å². The largest absolute Gasteiger partial charge is 0.460 e. The van der Waals surface area contributed by atoms with Gasteiger partial charge in [0, 0.05) is 6.08 Å². The number of nitriles is 1. The molecule has 0 radical (unpaired) electrons. The van der Waals surface area contributed by atoms with Crippen molar-refractivity contribution in [3.05, 3.63) is 95.5 Å². The Morgan fingerprint density at radius 1 is 1.06 bits per heavy atom. The summed E-state index contributed by atoms with van der Waals surface area (Å²) in [5.41, 5.74) is 0.799. The first-order valence-corrected chi connectivity index (χ1v) is 11.0. The predicted molar refractivity (Wildman–Crippen MR) is 116 cm³/mol. The number of hydrogen-bond donors (Lipinski definition) is 2. The van der Waals surface area contributed by atoms with Crippen LogP contribution < -0.4 is 10.0 Å². The third-order valence-electron chi connectivity index (χ3n) is 4.47. The number of hydrogen-bond acceptors (Lipinski definition) is 5. The molecule has 2 N–H and O–H groups in total. The summed E-state index contributed by atoms with van der Waals surface area (Å²) in [4.78, 5) is 12.6. The predicted octanol–water partition coefficient (Wildman–Crippen LogP) is 3.54. The van der Waals surface area contributed by atoms with Crippen LogP contribution in [-0.4, -0.2) is 14.3 Å². The fourth-order valence-electron chi connectivity index (χ4n) is 2.81. The van der Waals surface area contributed by atoms with Crippen molar-refractivity contribution in [1.29, 1.82) is 5.26 Å². The van der Waals surface area contributed by atoms with E-state index in [2.05, 4.69) is 10.0 Å². The summed E-state index contributed by atoms with van der Waals surface area (Å²) in [5, 5.41) is 12.1. The average molecular weight is 436 g/mol. The number of furan rings is 1. The summed E-state index contributed by atoms with van der Waals surface area (Å²) in [6, 6.07) is 22.1. The van der Waals surface area contributed by atoms with Crippen LogP contribution in [0.3, 0.4) is 0 Å². The fourth-order valence-corrected chi connectivity index (χ4v) is 3.82. The van der Waals surface area contributed by atoms with Crippen molar-refractivity contribution in [2.24, 2.45) is 0 Å². The molecule has 0 aliphatic carbocycles. The zero-order valence-corrected chi connectivity index (χ0v) is 17.6. The maximum absolute atomic E-state index is 12.4. The van der Waals surface area contributed by atoms with E-state index in [-0.39, 0.29) is 28.8 Å². The average Bonchev–Trinajstić information content (AvgIpc) is 3.25.